The highest BCUT2D eigenvalue weighted by Gasteiger charge is 2.22. The van der Waals surface area contributed by atoms with Crippen molar-refractivity contribution < 1.29 is 18.7 Å². The summed E-state index contributed by atoms with van der Waals surface area (Å²) in [4.78, 5) is 5.18. The normalized spacial score (nSPS) is 14.3. The van der Waals surface area contributed by atoms with Gasteiger partial charge in [-0.25, -0.2) is 0 Å². The van der Waals surface area contributed by atoms with E-state index in [1.54, 1.807) is 13.0 Å². The largest absolute Gasteiger partial charge is 0.368 e. The van der Waals surface area contributed by atoms with Crippen LogP contribution in [0.4, 0.5) is 0 Å². The van der Waals surface area contributed by atoms with E-state index in [9.17, 15) is 4.57 Å². The molecule has 0 aromatic heterocycles. The van der Waals surface area contributed by atoms with E-state index < -0.39 is 7.60 Å². The Morgan fingerprint density at radius 1 is 1.11 bits per heavy atom. The molecular weight excluding hydrogens is 251 g/mol. The highest BCUT2D eigenvalue weighted by atomic mass is 31.2. The second kappa shape index (κ2) is 5.53. The Kier molecular flexibility index (Phi) is 4.02. The monoisotopic (exact) mass is 266 g/mol. The zero-order valence-electron chi connectivity index (χ0n) is 10.3. The molecule has 0 N–H and O–H groups in total. The highest BCUT2D eigenvalue weighted by molar-refractivity contribution is 7.53. The lowest BCUT2D eigenvalue weighted by Gasteiger charge is -2.14. The number of hydrogen-bond acceptors (Lipinski definition) is 4. The number of benzene rings is 2. The van der Waals surface area contributed by atoms with E-state index in [0.717, 1.165) is 10.8 Å². The molecule has 96 valence electrons. The zero-order chi connectivity index (χ0) is 13.0. The van der Waals surface area contributed by atoms with Crippen LogP contribution < -0.4 is 4.89 Å². The molecule has 0 aliphatic carbocycles. The third kappa shape index (κ3) is 2.72. The molecule has 2 aromatic rings. The van der Waals surface area contributed by atoms with Crippen LogP contribution in [0.3, 0.4) is 0 Å². The topological polar surface area (TPSA) is 44.8 Å². The Hall–Kier alpha value is -1.35. The van der Waals surface area contributed by atoms with E-state index >= 15 is 0 Å². The predicted octanol–water partition coefficient (Wildman–Crippen LogP) is 4.01. The van der Waals surface area contributed by atoms with Crippen molar-refractivity contribution in [1.82, 2.24) is 0 Å². The minimum Gasteiger partial charge on any atom is -0.328 e. The third-order valence-corrected chi connectivity index (χ3v) is 4.29. The van der Waals surface area contributed by atoms with E-state index in [2.05, 4.69) is 0 Å². The lowest BCUT2D eigenvalue weighted by Crippen LogP contribution is -1.99. The fraction of sp³-hybridized carbons (Fsp3) is 0.231. The summed E-state index contributed by atoms with van der Waals surface area (Å²) in [7, 11) is -1.80. The molecule has 0 aliphatic rings. The predicted molar refractivity (Wildman–Crippen MR) is 70.8 cm³/mol. The highest BCUT2D eigenvalue weighted by Crippen LogP contribution is 2.47. The van der Waals surface area contributed by atoms with Gasteiger partial charge in [-0.15, -0.1) is 0 Å². The van der Waals surface area contributed by atoms with Gasteiger partial charge in [0.25, 0.3) is 0 Å². The van der Waals surface area contributed by atoms with E-state index in [1.807, 2.05) is 36.4 Å². The minimum atomic E-state index is -3.15. The second-order valence-electron chi connectivity index (χ2n) is 3.74. The Morgan fingerprint density at radius 2 is 1.83 bits per heavy atom. The number of rotatable bonds is 5. The molecule has 2 rings (SSSR count). The molecule has 0 bridgehead atoms. The van der Waals surface area contributed by atoms with Crippen molar-refractivity contribution in [2.75, 3.05) is 13.3 Å². The molecule has 2 aromatic carbocycles. The van der Waals surface area contributed by atoms with Gasteiger partial charge >= 0.3 is 7.60 Å². The maximum absolute atomic E-state index is 11.9. The number of fused-ring (bicyclic) bond motifs is 1. The van der Waals surface area contributed by atoms with Crippen LogP contribution in [0.5, 0.6) is 5.75 Å². The second-order valence-corrected chi connectivity index (χ2v) is 6.11. The van der Waals surface area contributed by atoms with Gasteiger partial charge in [-0.2, -0.15) is 0 Å². The van der Waals surface area contributed by atoms with Gasteiger partial charge in [-0.3, -0.25) is 4.57 Å². The van der Waals surface area contributed by atoms with Crippen LogP contribution in [-0.4, -0.2) is 13.3 Å². The SMILES string of the molecule is CCP(=O)(OC)OOc1cccc2ccccc12. The summed E-state index contributed by atoms with van der Waals surface area (Å²) in [6, 6.07) is 13.3. The molecule has 18 heavy (non-hydrogen) atoms. The molecule has 1 atom stereocenters. The first-order chi connectivity index (χ1) is 8.68. The molecule has 0 heterocycles. The molecule has 1 unspecified atom stereocenters. The van der Waals surface area contributed by atoms with Crippen molar-refractivity contribution in [1.29, 1.82) is 0 Å². The van der Waals surface area contributed by atoms with Crippen LogP contribution in [0.1, 0.15) is 6.92 Å². The van der Waals surface area contributed by atoms with Crippen molar-refractivity contribution in [3.8, 4) is 5.75 Å². The van der Waals surface area contributed by atoms with Gasteiger partial charge in [0.05, 0.1) is 6.16 Å². The van der Waals surface area contributed by atoms with Crippen LogP contribution in [0.2, 0.25) is 0 Å². The molecule has 0 amide bonds. The first kappa shape index (κ1) is 13.1. The fourth-order valence-corrected chi connectivity index (χ4v) is 2.20. The molecule has 0 radical (unpaired) electrons. The van der Waals surface area contributed by atoms with Crippen LogP contribution in [0.15, 0.2) is 42.5 Å². The van der Waals surface area contributed by atoms with Crippen molar-refractivity contribution in [2.24, 2.45) is 0 Å². The molecule has 0 aliphatic heterocycles. The van der Waals surface area contributed by atoms with Gasteiger partial charge in [0, 0.05) is 12.5 Å². The summed E-state index contributed by atoms with van der Waals surface area (Å²) in [5, 5.41) is 1.93. The quantitative estimate of drug-likeness (QED) is 0.466. The number of hydrogen-bond donors (Lipinski definition) is 0. The van der Waals surface area contributed by atoms with Crippen molar-refractivity contribution in [3.05, 3.63) is 42.5 Å². The van der Waals surface area contributed by atoms with Gasteiger partial charge in [-0.05, 0) is 11.5 Å². The third-order valence-electron chi connectivity index (χ3n) is 2.66. The van der Waals surface area contributed by atoms with Crippen molar-refractivity contribution >= 4 is 18.4 Å². The summed E-state index contributed by atoms with van der Waals surface area (Å²) in [5.74, 6) is 0.527. The molecule has 0 fully saturated rings. The summed E-state index contributed by atoms with van der Waals surface area (Å²) < 4.78 is 21.7. The van der Waals surface area contributed by atoms with Crippen molar-refractivity contribution in [3.63, 3.8) is 0 Å². The Morgan fingerprint density at radius 3 is 2.56 bits per heavy atom. The average Bonchev–Trinajstić information content (AvgIpc) is 2.44. The molecular formula is C13H15O4P. The Balaban J connectivity index is 2.25. The van der Waals surface area contributed by atoms with E-state index in [-0.39, 0.29) is 6.16 Å². The maximum atomic E-state index is 11.9. The van der Waals surface area contributed by atoms with Crippen LogP contribution in [-0.2, 0) is 13.8 Å². The summed E-state index contributed by atoms with van der Waals surface area (Å²) in [6.45, 7) is 1.72. The fourth-order valence-electron chi connectivity index (χ4n) is 1.58. The first-order valence-corrected chi connectivity index (χ1v) is 7.40. The molecule has 0 spiro atoms. The molecule has 5 heteroatoms. The molecule has 0 saturated carbocycles. The summed E-state index contributed by atoms with van der Waals surface area (Å²) in [6.07, 6.45) is 0.258. The van der Waals surface area contributed by atoms with Gasteiger partial charge in [0.1, 0.15) is 0 Å². The molecule has 4 nitrogen and oxygen atoms in total. The Labute approximate surface area is 106 Å². The molecule has 0 saturated heterocycles. The summed E-state index contributed by atoms with van der Waals surface area (Å²) >= 11 is 0. The lowest BCUT2D eigenvalue weighted by molar-refractivity contribution is -0.109. The van der Waals surface area contributed by atoms with Crippen molar-refractivity contribution in [2.45, 2.75) is 6.92 Å². The van der Waals surface area contributed by atoms with Crippen LogP contribution >= 0.6 is 7.60 Å². The lowest BCUT2D eigenvalue weighted by atomic mass is 10.1. The summed E-state index contributed by atoms with van der Waals surface area (Å²) in [5.41, 5.74) is 0. The Bertz CT molecular complexity index is 569. The van der Waals surface area contributed by atoms with E-state index in [0.29, 0.717) is 5.75 Å². The average molecular weight is 266 g/mol. The smallest absolute Gasteiger partial charge is 0.328 e. The van der Waals surface area contributed by atoms with E-state index in [1.165, 1.54) is 7.11 Å². The van der Waals surface area contributed by atoms with Gasteiger partial charge in [0.2, 0.25) is 0 Å². The van der Waals surface area contributed by atoms with E-state index in [4.69, 9.17) is 14.1 Å². The first-order valence-electron chi connectivity index (χ1n) is 5.67. The van der Waals surface area contributed by atoms with Gasteiger partial charge in [-0.1, -0.05) is 48.0 Å². The zero-order valence-corrected chi connectivity index (χ0v) is 11.2. The van der Waals surface area contributed by atoms with Gasteiger partial charge < -0.3 is 9.41 Å². The van der Waals surface area contributed by atoms with Gasteiger partial charge in [0.15, 0.2) is 5.75 Å². The standard InChI is InChI=1S/C13H15O4P/c1-3-18(14,15-2)17-16-13-10-6-8-11-7-4-5-9-12(11)13/h4-10H,3H2,1-2H3. The van der Waals surface area contributed by atoms with Crippen LogP contribution in [0.25, 0.3) is 10.8 Å². The maximum Gasteiger partial charge on any atom is 0.368 e. The minimum absolute atomic E-state index is 0.258. The van der Waals surface area contributed by atoms with Crippen LogP contribution in [0, 0.1) is 0 Å².